The first-order chi connectivity index (χ1) is 11.3. The average molecular weight is 324 g/mol. The van der Waals surface area contributed by atoms with Crippen LogP contribution in [0.4, 0.5) is 10.5 Å². The van der Waals surface area contributed by atoms with E-state index in [1.807, 2.05) is 47.8 Å². The van der Waals surface area contributed by atoms with Crippen LogP contribution in [0.25, 0.3) is 11.3 Å². The number of amides is 2. The van der Waals surface area contributed by atoms with E-state index in [4.69, 9.17) is 0 Å². The quantitative estimate of drug-likeness (QED) is 0.754. The van der Waals surface area contributed by atoms with Crippen LogP contribution in [-0.2, 0) is 6.42 Å². The van der Waals surface area contributed by atoms with Crippen LogP contribution < -0.4 is 10.6 Å². The molecule has 2 N–H and O–H groups in total. The fraction of sp³-hybridized carbons (Fsp3) is 0.118. The molecule has 0 saturated heterocycles. The number of rotatable bonds is 5. The van der Waals surface area contributed by atoms with Gasteiger partial charge in [-0.05, 0) is 24.3 Å². The smallest absolute Gasteiger partial charge is 0.319 e. The Hall–Kier alpha value is -2.73. The van der Waals surface area contributed by atoms with Crippen LogP contribution in [0.15, 0.2) is 60.2 Å². The molecule has 0 radical (unpaired) electrons. The van der Waals surface area contributed by atoms with E-state index in [0.29, 0.717) is 13.0 Å². The van der Waals surface area contributed by atoms with Gasteiger partial charge < -0.3 is 10.6 Å². The number of nitrogens with zero attached hydrogens (tertiary/aromatic N) is 2. The van der Waals surface area contributed by atoms with Gasteiger partial charge >= 0.3 is 6.03 Å². The Bertz CT molecular complexity index is 759. The third-order valence-corrected chi connectivity index (χ3v) is 4.07. The molecule has 23 heavy (non-hydrogen) atoms. The lowest BCUT2D eigenvalue weighted by Crippen LogP contribution is -2.30. The van der Waals surface area contributed by atoms with Crippen LogP contribution in [0.5, 0.6) is 0 Å². The number of anilines is 1. The van der Waals surface area contributed by atoms with Crippen molar-refractivity contribution in [2.45, 2.75) is 6.42 Å². The molecule has 0 unspecified atom stereocenters. The first kappa shape index (κ1) is 15.2. The van der Waals surface area contributed by atoms with Crippen molar-refractivity contribution in [1.82, 2.24) is 15.3 Å². The summed E-state index contributed by atoms with van der Waals surface area (Å²) in [5, 5.41) is 8.62. The molecular formula is C17H16N4OS. The molecule has 0 saturated carbocycles. The van der Waals surface area contributed by atoms with E-state index in [-0.39, 0.29) is 6.03 Å². The van der Waals surface area contributed by atoms with Crippen molar-refractivity contribution in [1.29, 1.82) is 0 Å². The van der Waals surface area contributed by atoms with Gasteiger partial charge in [0.15, 0.2) is 0 Å². The largest absolute Gasteiger partial charge is 0.337 e. The number of pyridine rings is 1. The minimum atomic E-state index is -0.208. The van der Waals surface area contributed by atoms with Crippen LogP contribution in [0.2, 0.25) is 0 Å². The molecule has 0 spiro atoms. The summed E-state index contributed by atoms with van der Waals surface area (Å²) in [5.41, 5.74) is 2.70. The van der Waals surface area contributed by atoms with Crippen molar-refractivity contribution in [3.8, 4) is 11.3 Å². The fourth-order valence-electron chi connectivity index (χ4n) is 2.05. The van der Waals surface area contributed by atoms with Crippen molar-refractivity contribution in [2.75, 3.05) is 11.9 Å². The van der Waals surface area contributed by atoms with E-state index in [9.17, 15) is 4.79 Å². The summed E-state index contributed by atoms with van der Waals surface area (Å²) in [5.74, 6) is 0. The number of urea groups is 1. The number of nitrogens with one attached hydrogen (secondary N) is 2. The van der Waals surface area contributed by atoms with Gasteiger partial charge in [0.25, 0.3) is 0 Å². The van der Waals surface area contributed by atoms with Crippen molar-refractivity contribution in [3.63, 3.8) is 0 Å². The van der Waals surface area contributed by atoms with Gasteiger partial charge in [-0.3, -0.25) is 4.98 Å². The van der Waals surface area contributed by atoms with Gasteiger partial charge in [-0.1, -0.05) is 18.2 Å². The van der Waals surface area contributed by atoms with E-state index in [0.717, 1.165) is 22.0 Å². The monoisotopic (exact) mass is 324 g/mol. The van der Waals surface area contributed by atoms with E-state index >= 15 is 0 Å². The number of aromatic nitrogens is 2. The topological polar surface area (TPSA) is 66.9 Å². The predicted octanol–water partition coefficient (Wildman–Crippen LogP) is 3.57. The average Bonchev–Trinajstić information content (AvgIpc) is 3.05. The van der Waals surface area contributed by atoms with Crippen molar-refractivity contribution in [3.05, 3.63) is 65.2 Å². The maximum absolute atomic E-state index is 11.8. The molecule has 0 aliphatic heterocycles. The lowest BCUT2D eigenvalue weighted by Gasteiger charge is -2.06. The second-order valence-electron chi connectivity index (χ2n) is 4.87. The molecule has 2 amide bonds. The summed E-state index contributed by atoms with van der Waals surface area (Å²) in [7, 11) is 0. The van der Waals surface area contributed by atoms with Gasteiger partial charge in [0, 0.05) is 42.0 Å². The number of benzene rings is 1. The molecule has 0 aliphatic rings. The molecule has 6 heteroatoms. The maximum Gasteiger partial charge on any atom is 0.319 e. The molecule has 5 nitrogen and oxygen atoms in total. The van der Waals surface area contributed by atoms with Gasteiger partial charge in [0.2, 0.25) is 0 Å². The fourth-order valence-corrected chi connectivity index (χ4v) is 2.86. The van der Waals surface area contributed by atoms with E-state index < -0.39 is 0 Å². The summed E-state index contributed by atoms with van der Waals surface area (Å²) in [6.07, 6.45) is 4.24. The second-order valence-corrected chi connectivity index (χ2v) is 5.81. The van der Waals surface area contributed by atoms with Crippen molar-refractivity contribution < 1.29 is 4.79 Å². The molecule has 3 rings (SSSR count). The summed E-state index contributed by atoms with van der Waals surface area (Å²) in [6.45, 7) is 0.540. The lowest BCUT2D eigenvalue weighted by molar-refractivity contribution is 0.252. The number of hydrogen-bond donors (Lipinski definition) is 2. The Labute approximate surface area is 138 Å². The Balaban J connectivity index is 1.48. The zero-order valence-electron chi connectivity index (χ0n) is 12.4. The number of thiazole rings is 1. The highest BCUT2D eigenvalue weighted by Gasteiger charge is 2.06. The third-order valence-electron chi connectivity index (χ3n) is 3.17. The summed E-state index contributed by atoms with van der Waals surface area (Å²) in [4.78, 5) is 20.4. The summed E-state index contributed by atoms with van der Waals surface area (Å²) >= 11 is 1.59. The molecule has 0 aliphatic carbocycles. The molecule has 116 valence electrons. The van der Waals surface area contributed by atoms with Crippen LogP contribution in [-0.4, -0.2) is 22.5 Å². The number of carbonyl (C=O) groups excluding carboxylic acids is 1. The summed E-state index contributed by atoms with van der Waals surface area (Å²) in [6, 6.07) is 13.0. The Morgan fingerprint density at radius 2 is 2.00 bits per heavy atom. The molecule has 0 bridgehead atoms. The predicted molar refractivity (Wildman–Crippen MR) is 92.5 cm³/mol. The SMILES string of the molecule is O=C(NCCc1nc(-c2cccnc2)cs1)Nc1ccccc1. The molecule has 0 atom stereocenters. The molecule has 2 heterocycles. The Kier molecular flexibility index (Phi) is 4.95. The number of carbonyl (C=O) groups is 1. The van der Waals surface area contributed by atoms with Crippen LogP contribution in [0.3, 0.4) is 0 Å². The number of hydrogen-bond acceptors (Lipinski definition) is 4. The van der Waals surface area contributed by atoms with Gasteiger partial charge in [0.05, 0.1) is 10.7 Å². The third kappa shape index (κ3) is 4.37. The van der Waals surface area contributed by atoms with E-state index in [1.54, 1.807) is 23.7 Å². The van der Waals surface area contributed by atoms with Crippen LogP contribution in [0, 0.1) is 0 Å². The minimum absolute atomic E-state index is 0.208. The maximum atomic E-state index is 11.8. The number of para-hydroxylation sites is 1. The van der Waals surface area contributed by atoms with Crippen molar-refractivity contribution >= 4 is 23.1 Å². The van der Waals surface area contributed by atoms with Crippen LogP contribution >= 0.6 is 11.3 Å². The van der Waals surface area contributed by atoms with Crippen LogP contribution in [0.1, 0.15) is 5.01 Å². The molecule has 1 aromatic carbocycles. The standard InChI is InChI=1S/C17H16N4OS/c22-17(20-14-6-2-1-3-7-14)19-10-8-16-21-15(12-23-16)13-5-4-9-18-11-13/h1-7,9,11-12H,8,10H2,(H2,19,20,22). The highest BCUT2D eigenvalue weighted by atomic mass is 32.1. The van der Waals surface area contributed by atoms with Gasteiger partial charge in [-0.2, -0.15) is 0 Å². The van der Waals surface area contributed by atoms with Gasteiger partial charge in [-0.25, -0.2) is 9.78 Å². The van der Waals surface area contributed by atoms with Gasteiger partial charge in [-0.15, -0.1) is 11.3 Å². The Morgan fingerprint density at radius 3 is 2.78 bits per heavy atom. The zero-order chi connectivity index (χ0) is 15.9. The second kappa shape index (κ2) is 7.51. The van der Waals surface area contributed by atoms with Crippen molar-refractivity contribution in [2.24, 2.45) is 0 Å². The van der Waals surface area contributed by atoms with E-state index in [2.05, 4.69) is 20.6 Å². The molecular weight excluding hydrogens is 308 g/mol. The molecule has 2 aromatic heterocycles. The lowest BCUT2D eigenvalue weighted by atomic mass is 10.2. The Morgan fingerprint density at radius 1 is 1.13 bits per heavy atom. The molecule has 0 fully saturated rings. The minimum Gasteiger partial charge on any atom is -0.337 e. The van der Waals surface area contributed by atoms with E-state index in [1.165, 1.54) is 0 Å². The first-order valence-corrected chi connectivity index (χ1v) is 8.14. The highest BCUT2D eigenvalue weighted by molar-refractivity contribution is 7.09. The molecule has 3 aromatic rings. The summed E-state index contributed by atoms with van der Waals surface area (Å²) < 4.78 is 0. The highest BCUT2D eigenvalue weighted by Crippen LogP contribution is 2.20. The van der Waals surface area contributed by atoms with Gasteiger partial charge in [0.1, 0.15) is 0 Å². The normalized spacial score (nSPS) is 10.3. The first-order valence-electron chi connectivity index (χ1n) is 7.26. The zero-order valence-corrected chi connectivity index (χ0v) is 13.2.